The summed E-state index contributed by atoms with van der Waals surface area (Å²) >= 11 is 0. The van der Waals surface area contributed by atoms with Gasteiger partial charge in [-0.2, -0.15) is 18.3 Å². The number of rotatable bonds is 1. The SMILES string of the molecule is Cc1cccnc1-n1[c]cc(C(F)(F)F)n1. The van der Waals surface area contributed by atoms with Crippen LogP contribution in [0.15, 0.2) is 24.4 Å². The second-order valence-corrected chi connectivity index (χ2v) is 3.21. The number of aromatic nitrogens is 3. The highest BCUT2D eigenvalue weighted by Crippen LogP contribution is 2.27. The van der Waals surface area contributed by atoms with E-state index >= 15 is 0 Å². The van der Waals surface area contributed by atoms with Crippen LogP contribution in [-0.4, -0.2) is 14.8 Å². The smallest absolute Gasteiger partial charge is 0.237 e. The van der Waals surface area contributed by atoms with Gasteiger partial charge in [0.15, 0.2) is 11.5 Å². The van der Waals surface area contributed by atoms with Crippen molar-refractivity contribution >= 4 is 0 Å². The quantitative estimate of drug-likeness (QED) is 0.747. The summed E-state index contributed by atoms with van der Waals surface area (Å²) in [6.07, 6.45) is -0.570. The van der Waals surface area contributed by atoms with Crippen LogP contribution in [0.3, 0.4) is 0 Å². The van der Waals surface area contributed by atoms with Crippen molar-refractivity contribution in [3.63, 3.8) is 0 Å². The molecule has 0 aromatic carbocycles. The fourth-order valence-electron chi connectivity index (χ4n) is 1.23. The maximum absolute atomic E-state index is 12.3. The summed E-state index contributed by atoms with van der Waals surface area (Å²) < 4.78 is 37.9. The van der Waals surface area contributed by atoms with Gasteiger partial charge in [0.2, 0.25) is 0 Å². The van der Waals surface area contributed by atoms with E-state index in [9.17, 15) is 13.2 Å². The molecule has 0 aliphatic rings. The number of pyridine rings is 1. The Morgan fingerprint density at radius 3 is 2.69 bits per heavy atom. The lowest BCUT2D eigenvalue weighted by molar-refractivity contribution is -0.141. The first kappa shape index (κ1) is 10.7. The Kier molecular flexibility index (Phi) is 2.41. The summed E-state index contributed by atoms with van der Waals surface area (Å²) in [6.45, 7) is 1.74. The molecule has 0 fully saturated rings. The van der Waals surface area contributed by atoms with E-state index < -0.39 is 11.9 Å². The predicted molar refractivity (Wildman–Crippen MR) is 49.9 cm³/mol. The lowest BCUT2D eigenvalue weighted by Crippen LogP contribution is -2.08. The Labute approximate surface area is 89.5 Å². The lowest BCUT2D eigenvalue weighted by Gasteiger charge is -2.04. The zero-order valence-electron chi connectivity index (χ0n) is 8.28. The van der Waals surface area contributed by atoms with Crippen LogP contribution >= 0.6 is 0 Å². The van der Waals surface area contributed by atoms with Gasteiger partial charge >= 0.3 is 6.18 Å². The largest absolute Gasteiger partial charge is 0.435 e. The summed E-state index contributed by atoms with van der Waals surface area (Å²) in [4.78, 5) is 3.95. The van der Waals surface area contributed by atoms with Gasteiger partial charge in [-0.3, -0.25) is 0 Å². The third-order valence-electron chi connectivity index (χ3n) is 2.00. The molecule has 0 unspecified atom stereocenters. The van der Waals surface area contributed by atoms with Crippen molar-refractivity contribution in [1.82, 2.24) is 14.8 Å². The summed E-state index contributed by atoms with van der Waals surface area (Å²) in [5.74, 6) is 0.345. The molecule has 83 valence electrons. The predicted octanol–water partition coefficient (Wildman–Crippen LogP) is 2.39. The average molecular weight is 226 g/mol. The number of hydrogen-bond acceptors (Lipinski definition) is 2. The molecule has 0 atom stereocenters. The van der Waals surface area contributed by atoms with Gasteiger partial charge in [-0.25, -0.2) is 9.67 Å². The number of alkyl halides is 3. The van der Waals surface area contributed by atoms with E-state index in [1.54, 1.807) is 19.1 Å². The van der Waals surface area contributed by atoms with Crippen molar-refractivity contribution in [2.24, 2.45) is 0 Å². The molecule has 16 heavy (non-hydrogen) atoms. The Hall–Kier alpha value is -1.85. The van der Waals surface area contributed by atoms with Gasteiger partial charge in [-0.05, 0) is 24.6 Å². The first-order valence-electron chi connectivity index (χ1n) is 4.45. The fourth-order valence-corrected chi connectivity index (χ4v) is 1.23. The van der Waals surface area contributed by atoms with Gasteiger partial charge in [0.1, 0.15) is 0 Å². The van der Waals surface area contributed by atoms with Crippen molar-refractivity contribution in [1.29, 1.82) is 0 Å². The maximum Gasteiger partial charge on any atom is 0.435 e. The van der Waals surface area contributed by atoms with Crippen LogP contribution in [0, 0.1) is 13.1 Å². The normalized spacial score (nSPS) is 11.8. The van der Waals surface area contributed by atoms with Crippen molar-refractivity contribution in [2.75, 3.05) is 0 Å². The molecule has 2 aromatic heterocycles. The molecule has 3 nitrogen and oxygen atoms in total. The molecular formula is C10H7F3N3. The van der Waals surface area contributed by atoms with Crippen molar-refractivity contribution in [2.45, 2.75) is 13.1 Å². The molecule has 0 saturated heterocycles. The van der Waals surface area contributed by atoms with Crippen LogP contribution in [0.25, 0.3) is 5.82 Å². The summed E-state index contributed by atoms with van der Waals surface area (Å²) in [5, 5.41) is 3.39. The van der Waals surface area contributed by atoms with Gasteiger partial charge in [-0.1, -0.05) is 6.07 Å². The molecule has 0 aliphatic carbocycles. The third-order valence-corrected chi connectivity index (χ3v) is 2.00. The molecule has 0 bridgehead atoms. The molecule has 0 aliphatic heterocycles. The second-order valence-electron chi connectivity index (χ2n) is 3.21. The van der Waals surface area contributed by atoms with Crippen LogP contribution in [0.2, 0.25) is 0 Å². The Morgan fingerprint density at radius 1 is 1.38 bits per heavy atom. The minimum Gasteiger partial charge on any atom is -0.237 e. The molecule has 1 radical (unpaired) electrons. The number of hydrogen-bond donors (Lipinski definition) is 0. The Bertz CT molecular complexity index is 502. The van der Waals surface area contributed by atoms with E-state index in [-0.39, 0.29) is 0 Å². The highest BCUT2D eigenvalue weighted by atomic mass is 19.4. The second kappa shape index (κ2) is 3.62. The lowest BCUT2D eigenvalue weighted by atomic mass is 10.3. The highest BCUT2D eigenvalue weighted by molar-refractivity contribution is 5.31. The topological polar surface area (TPSA) is 30.7 Å². The molecular weight excluding hydrogens is 219 g/mol. The van der Waals surface area contributed by atoms with E-state index in [1.165, 1.54) is 6.20 Å². The number of aryl methyl sites for hydroxylation is 1. The molecule has 0 saturated carbocycles. The zero-order chi connectivity index (χ0) is 11.8. The summed E-state index contributed by atoms with van der Waals surface area (Å²) in [7, 11) is 0. The average Bonchev–Trinajstić information content (AvgIpc) is 2.66. The molecule has 0 spiro atoms. The number of nitrogens with zero attached hydrogens (tertiary/aromatic N) is 3. The fraction of sp³-hybridized carbons (Fsp3) is 0.200. The van der Waals surface area contributed by atoms with E-state index in [0.29, 0.717) is 5.82 Å². The van der Waals surface area contributed by atoms with Crippen LogP contribution in [0.1, 0.15) is 11.3 Å². The van der Waals surface area contributed by atoms with Gasteiger partial charge in [0.25, 0.3) is 0 Å². The first-order chi connectivity index (χ1) is 7.48. The van der Waals surface area contributed by atoms with Gasteiger partial charge in [-0.15, -0.1) is 0 Å². The number of halogens is 3. The summed E-state index contributed by atoms with van der Waals surface area (Å²) in [6, 6.07) is 4.24. The maximum atomic E-state index is 12.3. The van der Waals surface area contributed by atoms with Gasteiger partial charge in [0, 0.05) is 6.20 Å². The van der Waals surface area contributed by atoms with Gasteiger partial charge < -0.3 is 0 Å². The van der Waals surface area contributed by atoms with Crippen molar-refractivity contribution in [3.8, 4) is 5.82 Å². The van der Waals surface area contributed by atoms with Crippen LogP contribution in [-0.2, 0) is 6.18 Å². The summed E-state index contributed by atoms with van der Waals surface area (Å²) in [5.41, 5.74) is -0.242. The van der Waals surface area contributed by atoms with E-state index in [0.717, 1.165) is 16.3 Å². The standard InChI is InChI=1S/C10H7F3N3/c1-7-3-2-5-14-9(7)16-6-4-8(15-16)10(11,12)13/h2-5H,1H3. The van der Waals surface area contributed by atoms with E-state index in [4.69, 9.17) is 0 Å². The van der Waals surface area contributed by atoms with Crippen LogP contribution in [0.4, 0.5) is 13.2 Å². The third kappa shape index (κ3) is 1.91. The Morgan fingerprint density at radius 2 is 2.12 bits per heavy atom. The molecule has 0 N–H and O–H groups in total. The van der Waals surface area contributed by atoms with Crippen molar-refractivity contribution < 1.29 is 13.2 Å². The first-order valence-corrected chi connectivity index (χ1v) is 4.45. The van der Waals surface area contributed by atoms with E-state index in [2.05, 4.69) is 16.3 Å². The molecule has 2 aromatic rings. The monoisotopic (exact) mass is 226 g/mol. The zero-order valence-corrected chi connectivity index (χ0v) is 8.28. The minimum absolute atomic E-state index is 0.345. The van der Waals surface area contributed by atoms with Crippen LogP contribution < -0.4 is 0 Å². The molecule has 2 rings (SSSR count). The highest BCUT2D eigenvalue weighted by Gasteiger charge is 2.33. The molecule has 2 heterocycles. The van der Waals surface area contributed by atoms with Crippen molar-refractivity contribution in [3.05, 3.63) is 41.9 Å². The minimum atomic E-state index is -4.45. The van der Waals surface area contributed by atoms with E-state index in [1.807, 2.05) is 0 Å². The molecule has 6 heteroatoms. The molecule has 0 amide bonds. The van der Waals surface area contributed by atoms with Gasteiger partial charge in [0.05, 0.1) is 6.20 Å². The Balaban J connectivity index is 2.44. The van der Waals surface area contributed by atoms with Crippen LogP contribution in [0.5, 0.6) is 0 Å².